The van der Waals surface area contributed by atoms with Crippen LogP contribution in [0.3, 0.4) is 0 Å². The van der Waals surface area contributed by atoms with Crippen LogP contribution in [-0.4, -0.2) is 23.5 Å². The number of fused-ring (bicyclic) bond motifs is 5. The van der Waals surface area contributed by atoms with Crippen molar-refractivity contribution < 1.29 is 14.3 Å². The third-order valence-electron chi connectivity index (χ3n) is 4.99. The molecule has 0 saturated carbocycles. The van der Waals surface area contributed by atoms with Gasteiger partial charge in [0.15, 0.2) is 0 Å². The molecule has 104 valence electrons. The second-order valence-electron chi connectivity index (χ2n) is 6.26. The molecule has 4 heteroatoms. The molecule has 0 spiro atoms. The van der Waals surface area contributed by atoms with E-state index in [4.69, 9.17) is 4.74 Å². The van der Waals surface area contributed by atoms with Crippen molar-refractivity contribution in [1.29, 1.82) is 0 Å². The Hall–Kier alpha value is -1.84. The monoisotopic (exact) mass is 271 g/mol. The van der Waals surface area contributed by atoms with Crippen LogP contribution >= 0.6 is 0 Å². The molecule has 3 aliphatic heterocycles. The first-order valence-corrected chi connectivity index (χ1v) is 7.21. The lowest BCUT2D eigenvalue weighted by atomic mass is 9.80. The summed E-state index contributed by atoms with van der Waals surface area (Å²) in [7, 11) is 0. The minimum atomic E-state index is -0.475. The number of hydrogen-bond acceptors (Lipinski definition) is 3. The van der Waals surface area contributed by atoms with Gasteiger partial charge in [-0.05, 0) is 25.0 Å². The summed E-state index contributed by atoms with van der Waals surface area (Å²) in [6.07, 6.45) is 2.60. The van der Waals surface area contributed by atoms with Gasteiger partial charge in [0.2, 0.25) is 5.91 Å². The van der Waals surface area contributed by atoms with E-state index in [0.717, 1.165) is 24.1 Å². The molecule has 1 aromatic carbocycles. The number of benzene rings is 1. The quantitative estimate of drug-likeness (QED) is 0.681. The number of carbonyl (C=O) groups excluding carboxylic acids is 2. The van der Waals surface area contributed by atoms with Crippen LogP contribution in [0.1, 0.15) is 44.1 Å². The van der Waals surface area contributed by atoms with Crippen LogP contribution < -0.4 is 4.90 Å². The number of rotatable bonds is 0. The van der Waals surface area contributed by atoms with Crippen LogP contribution in [-0.2, 0) is 14.3 Å². The Morgan fingerprint density at radius 2 is 2.10 bits per heavy atom. The van der Waals surface area contributed by atoms with E-state index >= 15 is 0 Å². The van der Waals surface area contributed by atoms with Gasteiger partial charge in [0.1, 0.15) is 5.60 Å². The fraction of sp³-hybridized carbons (Fsp3) is 0.500. The van der Waals surface area contributed by atoms with E-state index in [9.17, 15) is 9.59 Å². The predicted octanol–water partition coefficient (Wildman–Crippen LogP) is 2.37. The minimum Gasteiger partial charge on any atom is -0.459 e. The number of esters is 1. The number of ether oxygens (including phenoxy) is 1. The highest BCUT2D eigenvalue weighted by Gasteiger charge is 2.53. The Balaban J connectivity index is 1.92. The molecule has 1 amide bonds. The van der Waals surface area contributed by atoms with Crippen LogP contribution in [0.25, 0.3) is 0 Å². The normalized spacial score (nSPS) is 35.1. The second kappa shape index (κ2) is 3.84. The zero-order valence-corrected chi connectivity index (χ0v) is 11.5. The Kier molecular flexibility index (Phi) is 2.29. The third kappa shape index (κ3) is 1.48. The van der Waals surface area contributed by atoms with E-state index in [1.54, 1.807) is 0 Å². The summed E-state index contributed by atoms with van der Waals surface area (Å²) < 4.78 is 5.66. The summed E-state index contributed by atoms with van der Waals surface area (Å²) in [6.45, 7) is 2.02. The molecule has 0 radical (unpaired) electrons. The van der Waals surface area contributed by atoms with Crippen molar-refractivity contribution in [3.8, 4) is 0 Å². The lowest BCUT2D eigenvalue weighted by Gasteiger charge is -2.30. The van der Waals surface area contributed by atoms with Gasteiger partial charge in [0.05, 0.1) is 6.42 Å². The van der Waals surface area contributed by atoms with E-state index in [0.29, 0.717) is 12.8 Å². The molecule has 4 nitrogen and oxygen atoms in total. The van der Waals surface area contributed by atoms with Gasteiger partial charge in [-0.25, -0.2) is 0 Å². The van der Waals surface area contributed by atoms with Crippen molar-refractivity contribution in [2.45, 2.75) is 50.2 Å². The largest absolute Gasteiger partial charge is 0.459 e. The molecule has 3 atom stereocenters. The molecule has 3 aliphatic rings. The number of amides is 1. The van der Waals surface area contributed by atoms with Crippen molar-refractivity contribution in [2.24, 2.45) is 0 Å². The van der Waals surface area contributed by atoms with Gasteiger partial charge in [0.25, 0.3) is 0 Å². The van der Waals surface area contributed by atoms with E-state index < -0.39 is 5.60 Å². The van der Waals surface area contributed by atoms with Gasteiger partial charge >= 0.3 is 5.97 Å². The molecule has 3 heterocycles. The fourth-order valence-electron chi connectivity index (χ4n) is 4.12. The summed E-state index contributed by atoms with van der Waals surface area (Å²) in [4.78, 5) is 26.0. The van der Waals surface area contributed by atoms with E-state index in [2.05, 4.69) is 0 Å². The zero-order chi connectivity index (χ0) is 13.9. The molecule has 2 fully saturated rings. The molecule has 4 rings (SSSR count). The molecule has 0 aliphatic carbocycles. The fourth-order valence-corrected chi connectivity index (χ4v) is 4.12. The summed E-state index contributed by atoms with van der Waals surface area (Å²) in [6, 6.07) is 8.13. The van der Waals surface area contributed by atoms with E-state index in [1.807, 2.05) is 36.1 Å². The smallest absolute Gasteiger partial charge is 0.307 e. The predicted molar refractivity (Wildman–Crippen MR) is 73.4 cm³/mol. The zero-order valence-electron chi connectivity index (χ0n) is 11.5. The summed E-state index contributed by atoms with van der Waals surface area (Å²) >= 11 is 0. The van der Waals surface area contributed by atoms with Gasteiger partial charge in [-0.15, -0.1) is 0 Å². The van der Waals surface area contributed by atoms with Gasteiger partial charge in [-0.1, -0.05) is 18.2 Å². The molecule has 0 unspecified atom stereocenters. The van der Waals surface area contributed by atoms with Crippen molar-refractivity contribution >= 4 is 17.6 Å². The number of carbonyl (C=O) groups is 2. The van der Waals surface area contributed by atoms with Crippen molar-refractivity contribution in [1.82, 2.24) is 0 Å². The minimum absolute atomic E-state index is 0.0598. The van der Waals surface area contributed by atoms with Gasteiger partial charge in [-0.3, -0.25) is 9.59 Å². The molecule has 0 aromatic heterocycles. The molecule has 1 aromatic rings. The Labute approximate surface area is 117 Å². The Morgan fingerprint density at radius 3 is 2.95 bits per heavy atom. The first kappa shape index (κ1) is 11.9. The average molecular weight is 271 g/mol. The van der Waals surface area contributed by atoms with Crippen LogP contribution in [0.5, 0.6) is 0 Å². The van der Waals surface area contributed by atoms with Gasteiger partial charge in [0, 0.05) is 30.5 Å². The summed E-state index contributed by atoms with van der Waals surface area (Å²) in [5, 5.41) is 0. The lowest BCUT2D eigenvalue weighted by Crippen LogP contribution is -2.38. The Bertz CT molecular complexity index is 611. The SMILES string of the molecule is C[C@@]12C[C@@H]3CCC(=O)N3c3ccccc3[C@H]1CC(=O)O2. The number of nitrogens with zero attached hydrogens (tertiary/aromatic N) is 1. The second-order valence-corrected chi connectivity index (χ2v) is 6.26. The molecule has 0 N–H and O–H groups in total. The highest BCUT2D eigenvalue weighted by molar-refractivity contribution is 5.97. The molecular weight excluding hydrogens is 254 g/mol. The third-order valence-corrected chi connectivity index (χ3v) is 4.99. The maximum Gasteiger partial charge on any atom is 0.307 e. The molecule has 0 bridgehead atoms. The summed E-state index contributed by atoms with van der Waals surface area (Å²) in [5.74, 6) is 0.132. The first-order chi connectivity index (χ1) is 9.58. The van der Waals surface area contributed by atoms with E-state index in [1.165, 1.54) is 0 Å². The van der Waals surface area contributed by atoms with Gasteiger partial charge in [-0.2, -0.15) is 0 Å². The Morgan fingerprint density at radius 1 is 1.30 bits per heavy atom. The van der Waals surface area contributed by atoms with Crippen molar-refractivity contribution in [3.63, 3.8) is 0 Å². The van der Waals surface area contributed by atoms with Crippen LogP contribution in [0.2, 0.25) is 0 Å². The summed E-state index contributed by atoms with van der Waals surface area (Å²) in [5.41, 5.74) is 1.59. The molecule has 2 saturated heterocycles. The highest BCUT2D eigenvalue weighted by Crippen LogP contribution is 2.51. The van der Waals surface area contributed by atoms with Crippen molar-refractivity contribution in [2.75, 3.05) is 4.90 Å². The highest BCUT2D eigenvalue weighted by atomic mass is 16.6. The van der Waals surface area contributed by atoms with Crippen molar-refractivity contribution in [3.05, 3.63) is 29.8 Å². The topological polar surface area (TPSA) is 46.6 Å². The van der Waals surface area contributed by atoms with Crippen LogP contribution in [0, 0.1) is 0 Å². The van der Waals surface area contributed by atoms with Gasteiger partial charge < -0.3 is 9.64 Å². The van der Waals surface area contributed by atoms with E-state index in [-0.39, 0.29) is 23.8 Å². The number of hydrogen-bond donors (Lipinski definition) is 0. The molecule has 20 heavy (non-hydrogen) atoms. The number of para-hydroxylation sites is 1. The number of anilines is 1. The average Bonchev–Trinajstić information content (AvgIpc) is 2.87. The van der Waals surface area contributed by atoms with Crippen LogP contribution in [0.15, 0.2) is 24.3 Å². The maximum atomic E-state index is 12.2. The standard InChI is InChI=1S/C16H17NO3/c1-16-9-10-6-7-14(18)17(10)13-5-3-2-4-11(13)12(16)8-15(19)20-16/h2-5,10,12H,6-9H2,1H3/t10-,12+,16+/m0/s1. The van der Waals surface area contributed by atoms with Crippen LogP contribution in [0.4, 0.5) is 5.69 Å². The molecular formula is C16H17NO3. The maximum absolute atomic E-state index is 12.2. The first-order valence-electron chi connectivity index (χ1n) is 7.21. The lowest BCUT2D eigenvalue weighted by molar-refractivity contribution is -0.148.